The Balaban J connectivity index is 2.82. The molecule has 0 saturated heterocycles. The Morgan fingerprint density at radius 2 is 2.11 bits per heavy atom. The highest BCUT2D eigenvalue weighted by Gasteiger charge is 2.22. The molecule has 1 amide bonds. The summed E-state index contributed by atoms with van der Waals surface area (Å²) >= 11 is 0. The van der Waals surface area contributed by atoms with Crippen LogP contribution in [0.5, 0.6) is 0 Å². The molecule has 3 N–H and O–H groups in total. The van der Waals surface area contributed by atoms with Gasteiger partial charge in [-0.25, -0.2) is 4.79 Å². The van der Waals surface area contributed by atoms with Gasteiger partial charge in [-0.1, -0.05) is 13.8 Å². The zero-order valence-electron chi connectivity index (χ0n) is 10.3. The van der Waals surface area contributed by atoms with Crippen molar-refractivity contribution in [1.29, 1.82) is 0 Å². The van der Waals surface area contributed by atoms with E-state index >= 15 is 0 Å². The first-order chi connectivity index (χ1) is 8.41. The first kappa shape index (κ1) is 14.0. The number of amides is 1. The number of aromatic nitrogens is 1. The van der Waals surface area contributed by atoms with E-state index in [0.29, 0.717) is 6.42 Å². The van der Waals surface area contributed by atoms with Crippen LogP contribution < -0.4 is 10.7 Å². The largest absolute Gasteiger partial charge is 0.480 e. The van der Waals surface area contributed by atoms with Gasteiger partial charge in [-0.05, 0) is 12.3 Å². The van der Waals surface area contributed by atoms with Gasteiger partial charge in [0.1, 0.15) is 11.6 Å². The van der Waals surface area contributed by atoms with Crippen LogP contribution in [0.2, 0.25) is 0 Å². The van der Waals surface area contributed by atoms with Gasteiger partial charge in [-0.2, -0.15) is 0 Å². The molecule has 0 aliphatic heterocycles. The second-order valence-electron chi connectivity index (χ2n) is 4.42. The molecule has 0 aromatic carbocycles. The minimum Gasteiger partial charge on any atom is -0.480 e. The van der Waals surface area contributed by atoms with Crippen LogP contribution in [-0.4, -0.2) is 28.0 Å². The fraction of sp³-hybridized carbons (Fsp3) is 0.417. The number of carboxylic acids is 1. The minimum absolute atomic E-state index is 0.0903. The number of carbonyl (C=O) groups excluding carboxylic acids is 1. The Hall–Kier alpha value is -2.11. The van der Waals surface area contributed by atoms with E-state index in [1.165, 1.54) is 18.5 Å². The van der Waals surface area contributed by atoms with Crippen LogP contribution in [0, 0.1) is 5.92 Å². The maximum absolute atomic E-state index is 11.8. The first-order valence-corrected chi connectivity index (χ1v) is 5.62. The lowest BCUT2D eigenvalue weighted by atomic mass is 10.0. The molecular formula is C12H16N2O4. The smallest absolute Gasteiger partial charge is 0.326 e. The minimum atomic E-state index is -1.11. The van der Waals surface area contributed by atoms with E-state index in [1.54, 1.807) is 0 Å². The molecule has 0 spiro atoms. The molecule has 98 valence electrons. The Morgan fingerprint density at radius 1 is 1.44 bits per heavy atom. The van der Waals surface area contributed by atoms with Crippen LogP contribution in [0.4, 0.5) is 0 Å². The number of rotatable bonds is 5. The highest BCUT2D eigenvalue weighted by Crippen LogP contribution is 2.05. The monoisotopic (exact) mass is 252 g/mol. The average Bonchev–Trinajstić information content (AvgIpc) is 2.27. The third-order valence-corrected chi connectivity index (χ3v) is 2.38. The second-order valence-corrected chi connectivity index (χ2v) is 4.42. The fourth-order valence-corrected chi connectivity index (χ4v) is 1.52. The van der Waals surface area contributed by atoms with E-state index in [0.717, 1.165) is 0 Å². The predicted octanol–water partition coefficient (Wildman–Crippen LogP) is 0.604. The molecule has 1 aromatic rings. The summed E-state index contributed by atoms with van der Waals surface area (Å²) in [5.74, 6) is -1.66. The second kappa shape index (κ2) is 6.00. The summed E-state index contributed by atoms with van der Waals surface area (Å²) in [6.07, 6.45) is 2.97. The van der Waals surface area contributed by atoms with Crippen LogP contribution in [0.25, 0.3) is 0 Å². The summed E-state index contributed by atoms with van der Waals surface area (Å²) < 4.78 is 0. The Bertz CT molecular complexity index is 493. The van der Waals surface area contributed by atoms with Crippen molar-refractivity contribution < 1.29 is 14.7 Å². The highest BCUT2D eigenvalue weighted by atomic mass is 16.4. The fourth-order valence-electron chi connectivity index (χ4n) is 1.52. The Labute approximate surface area is 104 Å². The van der Waals surface area contributed by atoms with Gasteiger partial charge >= 0.3 is 5.97 Å². The van der Waals surface area contributed by atoms with Crippen LogP contribution >= 0.6 is 0 Å². The van der Waals surface area contributed by atoms with Crippen LogP contribution in [-0.2, 0) is 4.79 Å². The molecule has 0 bridgehead atoms. The summed E-state index contributed by atoms with van der Waals surface area (Å²) in [4.78, 5) is 36.8. The number of H-pyrrole nitrogens is 1. The van der Waals surface area contributed by atoms with E-state index in [9.17, 15) is 14.4 Å². The number of nitrogens with one attached hydrogen (secondary N) is 2. The van der Waals surface area contributed by atoms with Crippen molar-refractivity contribution in [3.8, 4) is 0 Å². The molecule has 0 radical (unpaired) electrons. The van der Waals surface area contributed by atoms with Crippen molar-refractivity contribution in [3.05, 3.63) is 34.2 Å². The van der Waals surface area contributed by atoms with E-state index in [2.05, 4.69) is 10.3 Å². The lowest BCUT2D eigenvalue weighted by Gasteiger charge is -2.16. The van der Waals surface area contributed by atoms with E-state index < -0.39 is 23.3 Å². The van der Waals surface area contributed by atoms with Gasteiger partial charge in [0.15, 0.2) is 5.43 Å². The predicted molar refractivity (Wildman–Crippen MR) is 65.4 cm³/mol. The molecule has 0 aliphatic rings. The molecule has 1 heterocycles. The van der Waals surface area contributed by atoms with Crippen molar-refractivity contribution >= 4 is 11.9 Å². The molecule has 0 saturated carbocycles. The Kier molecular flexibility index (Phi) is 4.65. The van der Waals surface area contributed by atoms with Crippen molar-refractivity contribution in [2.45, 2.75) is 26.3 Å². The zero-order chi connectivity index (χ0) is 13.7. The third-order valence-electron chi connectivity index (χ3n) is 2.38. The van der Waals surface area contributed by atoms with Gasteiger partial charge in [0.05, 0.1) is 0 Å². The number of carbonyl (C=O) groups is 2. The number of aromatic amines is 1. The molecule has 0 unspecified atom stereocenters. The van der Waals surface area contributed by atoms with Crippen molar-refractivity contribution in [2.24, 2.45) is 5.92 Å². The molecular weight excluding hydrogens is 236 g/mol. The van der Waals surface area contributed by atoms with E-state index in [4.69, 9.17) is 5.11 Å². The van der Waals surface area contributed by atoms with Gasteiger partial charge in [-0.15, -0.1) is 0 Å². The normalized spacial score (nSPS) is 12.2. The summed E-state index contributed by atoms with van der Waals surface area (Å²) in [6.45, 7) is 3.72. The topological polar surface area (TPSA) is 99.3 Å². The molecule has 1 aromatic heterocycles. The van der Waals surface area contributed by atoms with Gasteiger partial charge in [0.25, 0.3) is 5.91 Å². The summed E-state index contributed by atoms with van der Waals surface area (Å²) in [7, 11) is 0. The first-order valence-electron chi connectivity index (χ1n) is 5.62. The molecule has 6 heteroatoms. The number of hydrogen-bond donors (Lipinski definition) is 3. The summed E-state index contributed by atoms with van der Waals surface area (Å²) in [6, 6.07) is 0.227. The van der Waals surface area contributed by atoms with Gasteiger partial charge in [0.2, 0.25) is 0 Å². The van der Waals surface area contributed by atoms with Crippen molar-refractivity contribution in [3.63, 3.8) is 0 Å². The van der Waals surface area contributed by atoms with Crippen LogP contribution in [0.15, 0.2) is 23.3 Å². The molecule has 18 heavy (non-hydrogen) atoms. The molecule has 1 atom stereocenters. The maximum Gasteiger partial charge on any atom is 0.326 e. The Morgan fingerprint density at radius 3 is 2.61 bits per heavy atom. The molecule has 1 rings (SSSR count). The number of aliphatic carboxylic acids is 1. The SMILES string of the molecule is CC(C)C[C@H](NC(=O)c1c[nH]ccc1=O)C(=O)O. The standard InChI is InChI=1S/C12H16N2O4/c1-7(2)5-9(12(17)18)14-11(16)8-6-13-4-3-10(8)15/h3-4,6-7,9H,5H2,1-2H3,(H,13,15)(H,14,16)(H,17,18)/t9-/m0/s1. The van der Waals surface area contributed by atoms with Crippen LogP contribution in [0.3, 0.4) is 0 Å². The molecule has 0 fully saturated rings. The average molecular weight is 252 g/mol. The van der Waals surface area contributed by atoms with Gasteiger partial charge in [0, 0.05) is 18.5 Å². The van der Waals surface area contributed by atoms with E-state index in [1.807, 2.05) is 13.8 Å². The highest BCUT2D eigenvalue weighted by molar-refractivity contribution is 5.96. The zero-order valence-corrected chi connectivity index (χ0v) is 10.3. The summed E-state index contributed by atoms with van der Waals surface area (Å²) in [5.41, 5.74) is -0.535. The molecule has 6 nitrogen and oxygen atoms in total. The third kappa shape index (κ3) is 3.73. The lowest BCUT2D eigenvalue weighted by Crippen LogP contribution is -2.43. The lowest BCUT2D eigenvalue weighted by molar-refractivity contribution is -0.139. The van der Waals surface area contributed by atoms with E-state index in [-0.39, 0.29) is 11.5 Å². The maximum atomic E-state index is 11.8. The number of carboxylic acid groups (broad SMARTS) is 1. The number of pyridine rings is 1. The van der Waals surface area contributed by atoms with Crippen molar-refractivity contribution in [1.82, 2.24) is 10.3 Å². The van der Waals surface area contributed by atoms with Gasteiger partial charge < -0.3 is 15.4 Å². The summed E-state index contributed by atoms with van der Waals surface area (Å²) in [5, 5.41) is 11.3. The van der Waals surface area contributed by atoms with Crippen molar-refractivity contribution in [2.75, 3.05) is 0 Å². The van der Waals surface area contributed by atoms with Gasteiger partial charge in [-0.3, -0.25) is 9.59 Å². The number of hydrogen-bond acceptors (Lipinski definition) is 3. The quantitative estimate of drug-likeness (QED) is 0.714. The van der Waals surface area contributed by atoms with Crippen LogP contribution in [0.1, 0.15) is 30.6 Å². The molecule has 0 aliphatic carbocycles.